The summed E-state index contributed by atoms with van der Waals surface area (Å²) >= 11 is 0. The van der Waals surface area contributed by atoms with E-state index in [1.54, 1.807) is 21.2 Å². The van der Waals surface area contributed by atoms with Crippen LogP contribution in [0.2, 0.25) is 0 Å². The number of benzene rings is 1. The van der Waals surface area contributed by atoms with Gasteiger partial charge in [-0.05, 0) is 12.5 Å². The predicted molar refractivity (Wildman–Crippen MR) is 81.1 cm³/mol. The fraction of sp³-hybridized carbons (Fsp3) is 0.571. The molecular formula is C14H24N2O3S. The maximum atomic E-state index is 11.9. The molecule has 0 aliphatic carbocycles. The summed E-state index contributed by atoms with van der Waals surface area (Å²) in [6.07, 6.45) is 0. The van der Waals surface area contributed by atoms with E-state index in [0.29, 0.717) is 6.61 Å². The highest BCUT2D eigenvalue weighted by Crippen LogP contribution is 2.14. The third-order valence-electron chi connectivity index (χ3n) is 3.04. The molecule has 0 radical (unpaired) electrons. The molecule has 20 heavy (non-hydrogen) atoms. The van der Waals surface area contributed by atoms with E-state index in [9.17, 15) is 8.42 Å². The van der Waals surface area contributed by atoms with Crippen LogP contribution in [-0.2, 0) is 14.8 Å². The second kappa shape index (κ2) is 7.73. The van der Waals surface area contributed by atoms with E-state index >= 15 is 0 Å². The number of nitrogens with one attached hydrogen (secondary N) is 1. The highest BCUT2D eigenvalue weighted by Gasteiger charge is 2.21. The highest BCUT2D eigenvalue weighted by atomic mass is 32.2. The van der Waals surface area contributed by atoms with Crippen LogP contribution in [0.4, 0.5) is 0 Å². The van der Waals surface area contributed by atoms with Gasteiger partial charge in [-0.25, -0.2) is 12.7 Å². The third-order valence-corrected chi connectivity index (χ3v) is 5.07. The number of ether oxygens (including phenoxy) is 1. The van der Waals surface area contributed by atoms with Crippen LogP contribution >= 0.6 is 0 Å². The van der Waals surface area contributed by atoms with Crippen molar-refractivity contribution < 1.29 is 13.2 Å². The van der Waals surface area contributed by atoms with E-state index < -0.39 is 10.0 Å². The van der Waals surface area contributed by atoms with Gasteiger partial charge in [0.1, 0.15) is 0 Å². The Hall–Kier alpha value is -0.950. The lowest BCUT2D eigenvalue weighted by Gasteiger charge is -2.24. The first-order chi connectivity index (χ1) is 9.36. The molecule has 0 bridgehead atoms. The van der Waals surface area contributed by atoms with E-state index in [1.165, 1.54) is 4.31 Å². The van der Waals surface area contributed by atoms with Gasteiger partial charge in [-0.15, -0.1) is 0 Å². The fourth-order valence-corrected chi connectivity index (χ4v) is 2.98. The smallest absolute Gasteiger partial charge is 0.215 e. The summed E-state index contributed by atoms with van der Waals surface area (Å²) in [7, 11) is 1.52. The minimum Gasteiger partial charge on any atom is -0.383 e. The number of hydrogen-bond donors (Lipinski definition) is 1. The Morgan fingerprint density at radius 1 is 1.25 bits per heavy atom. The van der Waals surface area contributed by atoms with Crippen molar-refractivity contribution in [1.82, 2.24) is 9.62 Å². The molecule has 0 saturated carbocycles. The van der Waals surface area contributed by atoms with E-state index in [-0.39, 0.29) is 17.8 Å². The molecule has 0 amide bonds. The summed E-state index contributed by atoms with van der Waals surface area (Å²) in [6.45, 7) is 2.36. The van der Waals surface area contributed by atoms with Gasteiger partial charge >= 0.3 is 0 Å². The van der Waals surface area contributed by atoms with Crippen molar-refractivity contribution in [3.8, 4) is 0 Å². The van der Waals surface area contributed by atoms with Crippen molar-refractivity contribution in [2.75, 3.05) is 33.6 Å². The maximum Gasteiger partial charge on any atom is 0.215 e. The minimum atomic E-state index is -3.21. The average molecular weight is 300 g/mol. The zero-order valence-corrected chi connectivity index (χ0v) is 13.4. The lowest BCUT2D eigenvalue weighted by molar-refractivity contribution is 0.163. The zero-order chi connectivity index (χ0) is 15.2. The number of rotatable bonds is 8. The van der Waals surface area contributed by atoms with Crippen molar-refractivity contribution >= 4 is 10.0 Å². The molecule has 5 nitrogen and oxygen atoms in total. The Kier molecular flexibility index (Phi) is 6.61. The van der Waals surface area contributed by atoms with Gasteiger partial charge in [-0.1, -0.05) is 30.3 Å². The molecular weight excluding hydrogens is 276 g/mol. The third kappa shape index (κ3) is 5.20. The van der Waals surface area contributed by atoms with Crippen molar-refractivity contribution in [2.24, 2.45) is 0 Å². The number of hydrogen-bond acceptors (Lipinski definition) is 4. The zero-order valence-electron chi connectivity index (χ0n) is 12.5. The van der Waals surface area contributed by atoms with Gasteiger partial charge in [0, 0.05) is 27.2 Å². The van der Waals surface area contributed by atoms with Crippen LogP contribution < -0.4 is 5.32 Å². The lowest BCUT2D eigenvalue weighted by atomic mass is 10.1. The van der Waals surface area contributed by atoms with Crippen LogP contribution in [0.1, 0.15) is 18.5 Å². The topological polar surface area (TPSA) is 58.6 Å². The molecule has 0 heterocycles. The van der Waals surface area contributed by atoms with Crippen molar-refractivity contribution in [2.45, 2.75) is 19.0 Å². The molecule has 1 N–H and O–H groups in total. The van der Waals surface area contributed by atoms with Crippen LogP contribution in [0.25, 0.3) is 0 Å². The molecule has 114 valence electrons. The standard InChI is InChI=1S/C14H24N2O3S/c1-12(11-20(17,18)16(2)3)15-14(10-19-4)13-8-6-5-7-9-13/h5-9,12,14-15H,10-11H2,1-4H3. The van der Waals surface area contributed by atoms with Crippen molar-refractivity contribution in [3.63, 3.8) is 0 Å². The molecule has 6 heteroatoms. The molecule has 0 fully saturated rings. The Bertz CT molecular complexity index is 488. The molecule has 2 atom stereocenters. The van der Waals surface area contributed by atoms with Gasteiger partial charge in [0.25, 0.3) is 0 Å². The van der Waals surface area contributed by atoms with E-state index in [1.807, 2.05) is 37.3 Å². The number of methoxy groups -OCH3 is 1. The second-order valence-corrected chi connectivity index (χ2v) is 7.27. The molecule has 0 aliphatic rings. The first-order valence-electron chi connectivity index (χ1n) is 6.57. The SMILES string of the molecule is COCC(NC(C)CS(=O)(=O)N(C)C)c1ccccc1. The quantitative estimate of drug-likeness (QED) is 0.785. The van der Waals surface area contributed by atoms with Crippen molar-refractivity contribution in [1.29, 1.82) is 0 Å². The number of nitrogens with zero attached hydrogens (tertiary/aromatic N) is 1. The van der Waals surface area contributed by atoms with Crippen LogP contribution in [0.15, 0.2) is 30.3 Å². The molecule has 1 rings (SSSR count). The Balaban J connectivity index is 2.72. The molecule has 0 aromatic heterocycles. The fourth-order valence-electron chi connectivity index (χ4n) is 1.95. The Morgan fingerprint density at radius 2 is 1.85 bits per heavy atom. The van der Waals surface area contributed by atoms with Crippen LogP contribution in [0.5, 0.6) is 0 Å². The largest absolute Gasteiger partial charge is 0.383 e. The summed E-state index contributed by atoms with van der Waals surface area (Å²) in [5.74, 6) is 0.0625. The predicted octanol–water partition coefficient (Wildman–Crippen LogP) is 1.24. The van der Waals surface area contributed by atoms with Crippen molar-refractivity contribution in [3.05, 3.63) is 35.9 Å². The molecule has 1 aromatic rings. The van der Waals surface area contributed by atoms with Crippen LogP contribution in [0, 0.1) is 0 Å². The summed E-state index contributed by atoms with van der Waals surface area (Å²) in [6, 6.07) is 9.69. The summed E-state index contributed by atoms with van der Waals surface area (Å²) in [5, 5.41) is 3.31. The Labute approximate surface area is 122 Å². The summed E-state index contributed by atoms with van der Waals surface area (Å²) in [4.78, 5) is 0. The average Bonchev–Trinajstić information content (AvgIpc) is 2.38. The van der Waals surface area contributed by atoms with E-state index in [0.717, 1.165) is 5.56 Å². The minimum absolute atomic E-state index is 0.0198. The molecule has 1 aromatic carbocycles. The van der Waals surface area contributed by atoms with E-state index in [2.05, 4.69) is 5.32 Å². The van der Waals surface area contributed by atoms with Crippen LogP contribution in [-0.4, -0.2) is 52.3 Å². The maximum absolute atomic E-state index is 11.9. The highest BCUT2D eigenvalue weighted by molar-refractivity contribution is 7.89. The first-order valence-corrected chi connectivity index (χ1v) is 8.18. The van der Waals surface area contributed by atoms with Gasteiger partial charge in [0.15, 0.2) is 0 Å². The Morgan fingerprint density at radius 3 is 2.35 bits per heavy atom. The summed E-state index contributed by atoms with van der Waals surface area (Å²) < 4.78 is 30.2. The van der Waals surface area contributed by atoms with Crippen LogP contribution in [0.3, 0.4) is 0 Å². The molecule has 2 unspecified atom stereocenters. The normalized spacial score (nSPS) is 15.2. The second-order valence-electron chi connectivity index (χ2n) is 5.05. The summed E-state index contributed by atoms with van der Waals surface area (Å²) in [5.41, 5.74) is 1.09. The van der Waals surface area contributed by atoms with Gasteiger partial charge < -0.3 is 10.1 Å². The lowest BCUT2D eigenvalue weighted by Crippen LogP contribution is -2.40. The number of sulfonamides is 1. The molecule has 0 aliphatic heterocycles. The monoisotopic (exact) mass is 300 g/mol. The van der Waals surface area contributed by atoms with Gasteiger partial charge in [-0.3, -0.25) is 0 Å². The van der Waals surface area contributed by atoms with Gasteiger partial charge in [0.2, 0.25) is 10.0 Å². The molecule has 0 spiro atoms. The molecule has 0 saturated heterocycles. The van der Waals surface area contributed by atoms with Gasteiger partial charge in [-0.2, -0.15) is 0 Å². The van der Waals surface area contributed by atoms with Gasteiger partial charge in [0.05, 0.1) is 18.4 Å². The van der Waals surface area contributed by atoms with E-state index in [4.69, 9.17) is 4.74 Å². The first kappa shape index (κ1) is 17.1.